The van der Waals surface area contributed by atoms with E-state index < -0.39 is 0 Å². The highest BCUT2D eigenvalue weighted by Crippen LogP contribution is 2.24. The van der Waals surface area contributed by atoms with E-state index in [-0.39, 0.29) is 11.6 Å². The summed E-state index contributed by atoms with van der Waals surface area (Å²) in [5.74, 6) is 0. The average Bonchev–Trinajstić information content (AvgIpc) is 2.74. The molecule has 2 N–H and O–H groups in total. The van der Waals surface area contributed by atoms with Gasteiger partial charge in [0, 0.05) is 17.3 Å². The molecule has 4 heteroatoms. The highest BCUT2D eigenvalue weighted by molar-refractivity contribution is 5.30. The fourth-order valence-corrected chi connectivity index (χ4v) is 2.46. The highest BCUT2D eigenvalue weighted by Gasteiger charge is 2.20. The van der Waals surface area contributed by atoms with Gasteiger partial charge in [0.2, 0.25) is 0 Å². The first-order valence-electron chi connectivity index (χ1n) is 7.81. The molecule has 0 saturated carbocycles. The summed E-state index contributed by atoms with van der Waals surface area (Å²) in [4.78, 5) is 0. The van der Waals surface area contributed by atoms with Crippen molar-refractivity contribution in [3.8, 4) is 0 Å². The van der Waals surface area contributed by atoms with Gasteiger partial charge in [0.05, 0.1) is 24.4 Å². The molecule has 0 aliphatic carbocycles. The lowest BCUT2D eigenvalue weighted by atomic mass is 10.00. The first kappa shape index (κ1) is 17.2. The zero-order valence-electron chi connectivity index (χ0n) is 14.0. The van der Waals surface area contributed by atoms with Gasteiger partial charge in [-0.15, -0.1) is 0 Å². The summed E-state index contributed by atoms with van der Waals surface area (Å²) in [7, 11) is 0. The quantitative estimate of drug-likeness (QED) is 0.835. The minimum absolute atomic E-state index is 0.0946. The van der Waals surface area contributed by atoms with E-state index in [2.05, 4.69) is 46.2 Å². The number of rotatable bonds is 7. The van der Waals surface area contributed by atoms with E-state index in [1.54, 1.807) is 0 Å². The normalized spacial score (nSPS) is 13.8. The van der Waals surface area contributed by atoms with Crippen LogP contribution in [-0.4, -0.2) is 22.0 Å². The van der Waals surface area contributed by atoms with Crippen molar-refractivity contribution in [1.29, 1.82) is 0 Å². The predicted molar refractivity (Wildman–Crippen MR) is 83.9 cm³/mol. The molecule has 1 heterocycles. The molecule has 0 aromatic carbocycles. The summed E-state index contributed by atoms with van der Waals surface area (Å²) >= 11 is 0. The van der Waals surface area contributed by atoms with Gasteiger partial charge in [-0.05, 0) is 40.0 Å². The Morgan fingerprint density at radius 1 is 1.20 bits per heavy atom. The molecule has 0 aliphatic rings. The maximum absolute atomic E-state index is 6.27. The van der Waals surface area contributed by atoms with Crippen molar-refractivity contribution >= 4 is 0 Å². The molecule has 0 spiro atoms. The van der Waals surface area contributed by atoms with E-state index in [4.69, 9.17) is 15.6 Å². The Bertz CT molecular complexity index is 418. The highest BCUT2D eigenvalue weighted by atomic mass is 16.5. The number of hydrogen-bond donors (Lipinski definition) is 1. The van der Waals surface area contributed by atoms with Crippen molar-refractivity contribution in [3.05, 3.63) is 17.0 Å². The van der Waals surface area contributed by atoms with Crippen LogP contribution in [0.25, 0.3) is 0 Å². The third-order valence-corrected chi connectivity index (χ3v) is 3.49. The Hall–Kier alpha value is -0.870. The van der Waals surface area contributed by atoms with Gasteiger partial charge in [0.15, 0.2) is 0 Å². The van der Waals surface area contributed by atoms with Gasteiger partial charge >= 0.3 is 0 Å². The predicted octanol–water partition coefficient (Wildman–Crippen LogP) is 3.23. The number of ether oxygens (including phenoxy) is 1. The fourth-order valence-electron chi connectivity index (χ4n) is 2.46. The summed E-state index contributed by atoms with van der Waals surface area (Å²) in [5.41, 5.74) is 9.85. The summed E-state index contributed by atoms with van der Waals surface area (Å²) < 4.78 is 7.90. The standard InChI is InChI=1S/C16H31N3O/c1-7-12(17)15-13(8-2)18-19(14(15)9-3)10-11-20-16(4,5)6/h12H,7-11,17H2,1-6H3. The topological polar surface area (TPSA) is 53.1 Å². The van der Waals surface area contributed by atoms with Crippen molar-refractivity contribution in [2.75, 3.05) is 6.61 Å². The maximum Gasteiger partial charge on any atom is 0.0672 e. The van der Waals surface area contributed by atoms with Crippen LogP contribution in [0.3, 0.4) is 0 Å². The van der Waals surface area contributed by atoms with Crippen LogP contribution in [0.1, 0.15) is 71.0 Å². The van der Waals surface area contributed by atoms with Crippen LogP contribution in [0.5, 0.6) is 0 Å². The van der Waals surface area contributed by atoms with Crippen molar-refractivity contribution < 1.29 is 4.74 Å². The van der Waals surface area contributed by atoms with Crippen LogP contribution in [0.2, 0.25) is 0 Å². The zero-order chi connectivity index (χ0) is 15.3. The molecule has 0 fully saturated rings. The van der Waals surface area contributed by atoms with Crippen molar-refractivity contribution in [2.45, 2.75) is 79.0 Å². The number of aryl methyl sites for hydroxylation is 1. The van der Waals surface area contributed by atoms with Crippen LogP contribution in [0, 0.1) is 0 Å². The Kier molecular flexibility index (Phi) is 6.21. The summed E-state index contributed by atoms with van der Waals surface area (Å²) in [5, 5.41) is 4.74. The van der Waals surface area contributed by atoms with E-state index in [1.165, 1.54) is 11.3 Å². The number of nitrogens with zero attached hydrogens (tertiary/aromatic N) is 2. The average molecular weight is 281 g/mol. The van der Waals surface area contributed by atoms with Crippen LogP contribution in [0.15, 0.2) is 0 Å². The molecule has 0 radical (unpaired) electrons. The number of nitrogens with two attached hydrogens (primary N) is 1. The van der Waals surface area contributed by atoms with Crippen LogP contribution >= 0.6 is 0 Å². The van der Waals surface area contributed by atoms with Gasteiger partial charge in [-0.3, -0.25) is 4.68 Å². The van der Waals surface area contributed by atoms with Gasteiger partial charge in [-0.25, -0.2) is 0 Å². The van der Waals surface area contributed by atoms with E-state index in [0.29, 0.717) is 6.61 Å². The van der Waals surface area contributed by atoms with Gasteiger partial charge in [-0.2, -0.15) is 5.10 Å². The molecular formula is C16H31N3O. The third kappa shape index (κ3) is 4.32. The molecule has 0 amide bonds. The molecule has 1 rings (SSSR count). The Morgan fingerprint density at radius 3 is 2.30 bits per heavy atom. The zero-order valence-corrected chi connectivity index (χ0v) is 14.0. The molecular weight excluding hydrogens is 250 g/mol. The van der Waals surface area contributed by atoms with Crippen molar-refractivity contribution in [3.63, 3.8) is 0 Å². The lowest BCUT2D eigenvalue weighted by Crippen LogP contribution is -2.23. The SMILES string of the molecule is CCc1nn(CCOC(C)(C)C)c(CC)c1C(N)CC. The minimum Gasteiger partial charge on any atom is -0.374 e. The lowest BCUT2D eigenvalue weighted by molar-refractivity contribution is -0.00817. The number of aromatic nitrogens is 2. The lowest BCUT2D eigenvalue weighted by Gasteiger charge is -2.20. The largest absolute Gasteiger partial charge is 0.374 e. The van der Waals surface area contributed by atoms with E-state index in [9.17, 15) is 0 Å². The summed E-state index contributed by atoms with van der Waals surface area (Å²) in [6, 6.07) is 0.0946. The minimum atomic E-state index is -0.101. The molecule has 0 aliphatic heterocycles. The molecule has 1 aromatic rings. The van der Waals surface area contributed by atoms with Gasteiger partial charge in [0.1, 0.15) is 0 Å². The monoisotopic (exact) mass is 281 g/mol. The Balaban J connectivity index is 2.93. The van der Waals surface area contributed by atoms with Gasteiger partial charge in [-0.1, -0.05) is 20.8 Å². The molecule has 1 unspecified atom stereocenters. The Morgan fingerprint density at radius 2 is 1.85 bits per heavy atom. The smallest absolute Gasteiger partial charge is 0.0672 e. The molecule has 1 aromatic heterocycles. The second kappa shape index (κ2) is 7.23. The van der Waals surface area contributed by atoms with Crippen molar-refractivity contribution in [1.82, 2.24) is 9.78 Å². The second-order valence-electron chi connectivity index (χ2n) is 6.21. The van der Waals surface area contributed by atoms with Gasteiger partial charge in [0.25, 0.3) is 0 Å². The Labute approximate surface area is 123 Å². The molecule has 1 atom stereocenters. The maximum atomic E-state index is 6.27. The first-order chi connectivity index (χ1) is 9.34. The van der Waals surface area contributed by atoms with Gasteiger partial charge < -0.3 is 10.5 Å². The fraction of sp³-hybridized carbons (Fsp3) is 0.812. The molecule has 20 heavy (non-hydrogen) atoms. The van der Waals surface area contributed by atoms with Crippen LogP contribution in [-0.2, 0) is 24.1 Å². The molecule has 0 bridgehead atoms. The van der Waals surface area contributed by atoms with Crippen molar-refractivity contribution in [2.24, 2.45) is 5.73 Å². The summed E-state index contributed by atoms with van der Waals surface area (Å²) in [6.45, 7) is 14.1. The molecule has 116 valence electrons. The van der Waals surface area contributed by atoms with Crippen LogP contribution in [0.4, 0.5) is 0 Å². The van der Waals surface area contributed by atoms with E-state index in [1.807, 2.05) is 0 Å². The first-order valence-corrected chi connectivity index (χ1v) is 7.81. The van der Waals surface area contributed by atoms with E-state index in [0.717, 1.165) is 31.5 Å². The molecule has 4 nitrogen and oxygen atoms in total. The van der Waals surface area contributed by atoms with Crippen LogP contribution < -0.4 is 5.73 Å². The molecule has 0 saturated heterocycles. The second-order valence-corrected chi connectivity index (χ2v) is 6.21. The van der Waals surface area contributed by atoms with E-state index >= 15 is 0 Å². The summed E-state index contributed by atoms with van der Waals surface area (Å²) in [6.07, 6.45) is 2.85. The number of hydrogen-bond acceptors (Lipinski definition) is 3. The third-order valence-electron chi connectivity index (χ3n) is 3.49.